The van der Waals surface area contributed by atoms with Crippen molar-refractivity contribution in [3.05, 3.63) is 29.8 Å². The van der Waals surface area contributed by atoms with Gasteiger partial charge in [0.25, 0.3) is 5.91 Å². The summed E-state index contributed by atoms with van der Waals surface area (Å²) < 4.78 is 0. The van der Waals surface area contributed by atoms with Crippen LogP contribution in [0.2, 0.25) is 0 Å². The maximum absolute atomic E-state index is 12.6. The smallest absolute Gasteiger partial charge is 0.253 e. The third-order valence-corrected chi connectivity index (χ3v) is 5.07. The van der Waals surface area contributed by atoms with Crippen LogP contribution >= 0.6 is 11.8 Å². The quantitative estimate of drug-likeness (QED) is 0.377. The summed E-state index contributed by atoms with van der Waals surface area (Å²) in [6.45, 7) is 2.23. The van der Waals surface area contributed by atoms with Crippen molar-refractivity contribution in [1.82, 2.24) is 10.6 Å². The second-order valence-electron chi connectivity index (χ2n) is 5.97. The maximum atomic E-state index is 12.6. The van der Waals surface area contributed by atoms with E-state index in [-0.39, 0.29) is 11.9 Å². The highest BCUT2D eigenvalue weighted by molar-refractivity contribution is 8.13. The summed E-state index contributed by atoms with van der Waals surface area (Å²) in [6.07, 6.45) is 9.37. The van der Waals surface area contributed by atoms with E-state index < -0.39 is 0 Å². The van der Waals surface area contributed by atoms with Crippen LogP contribution in [0.5, 0.6) is 0 Å². The lowest BCUT2D eigenvalue weighted by Crippen LogP contribution is -2.37. The Bertz CT molecular complexity index is 630. The molecular weight excluding hydrogens is 320 g/mol. The molecule has 0 aliphatic heterocycles. The third-order valence-electron chi connectivity index (χ3n) is 4.49. The van der Waals surface area contributed by atoms with Crippen LogP contribution < -0.4 is 10.6 Å². The molecule has 0 saturated heterocycles. The number of rotatable bonds is 4. The fraction of sp³-hybridized carbons (Fsp3) is 0.500. The van der Waals surface area contributed by atoms with Crippen LogP contribution in [0.4, 0.5) is 5.69 Å². The highest BCUT2D eigenvalue weighted by Crippen LogP contribution is 2.27. The lowest BCUT2D eigenvalue weighted by molar-refractivity contribution is 0.0922. The van der Waals surface area contributed by atoms with Gasteiger partial charge < -0.3 is 5.32 Å². The van der Waals surface area contributed by atoms with Gasteiger partial charge in [0.05, 0.1) is 11.3 Å². The molecule has 0 aromatic heterocycles. The summed E-state index contributed by atoms with van der Waals surface area (Å²) in [4.78, 5) is 17.0. The first-order valence-electron chi connectivity index (χ1n) is 8.35. The van der Waals surface area contributed by atoms with Crippen molar-refractivity contribution in [1.29, 1.82) is 5.26 Å². The summed E-state index contributed by atoms with van der Waals surface area (Å²) in [6, 6.07) is 7.48. The van der Waals surface area contributed by atoms with E-state index in [1.807, 2.05) is 24.6 Å². The number of amides is 1. The Labute approximate surface area is 147 Å². The van der Waals surface area contributed by atoms with E-state index in [1.54, 1.807) is 12.1 Å². The zero-order chi connectivity index (χ0) is 17.4. The van der Waals surface area contributed by atoms with Gasteiger partial charge in [-0.05, 0) is 50.0 Å². The first-order chi connectivity index (χ1) is 11.7. The molecule has 1 fully saturated rings. The van der Waals surface area contributed by atoms with Gasteiger partial charge in [-0.3, -0.25) is 10.1 Å². The van der Waals surface area contributed by atoms with Gasteiger partial charge in [-0.2, -0.15) is 5.26 Å². The molecule has 2 rings (SSSR count). The molecule has 0 heterocycles. The van der Waals surface area contributed by atoms with Crippen LogP contribution in [0.3, 0.4) is 0 Å². The Morgan fingerprint density at radius 2 is 2.04 bits per heavy atom. The van der Waals surface area contributed by atoms with Crippen molar-refractivity contribution >= 4 is 28.5 Å². The second-order valence-corrected chi connectivity index (χ2v) is 6.77. The molecule has 1 saturated carbocycles. The molecule has 2 N–H and O–H groups in total. The average molecular weight is 344 g/mol. The number of nitriles is 1. The molecule has 0 atom stereocenters. The van der Waals surface area contributed by atoms with Gasteiger partial charge in [0.15, 0.2) is 11.4 Å². The molecule has 1 amide bonds. The molecule has 0 unspecified atom stereocenters. The van der Waals surface area contributed by atoms with Crippen molar-refractivity contribution in [2.75, 3.05) is 6.26 Å². The molecule has 5 nitrogen and oxygen atoms in total. The van der Waals surface area contributed by atoms with E-state index in [0.717, 1.165) is 18.8 Å². The summed E-state index contributed by atoms with van der Waals surface area (Å²) >= 11 is 1.33. The van der Waals surface area contributed by atoms with Crippen molar-refractivity contribution in [3.8, 4) is 6.19 Å². The number of amidine groups is 1. The van der Waals surface area contributed by atoms with Gasteiger partial charge in [0.2, 0.25) is 0 Å². The summed E-state index contributed by atoms with van der Waals surface area (Å²) in [5, 5.41) is 14.9. The van der Waals surface area contributed by atoms with Crippen LogP contribution in [0.25, 0.3) is 0 Å². The van der Waals surface area contributed by atoms with E-state index in [9.17, 15) is 4.79 Å². The first-order valence-corrected chi connectivity index (χ1v) is 9.58. The lowest BCUT2D eigenvalue weighted by Gasteiger charge is -2.28. The normalized spacial score (nSPS) is 21.0. The SMILES string of the molecule is CCC1CCC(NC(=O)c2ccccc2N=C(NC#N)SC)CC1. The Hall–Kier alpha value is -2.00. The van der Waals surface area contributed by atoms with Crippen LogP contribution in [0.1, 0.15) is 49.4 Å². The lowest BCUT2D eigenvalue weighted by atomic mass is 9.84. The Morgan fingerprint density at radius 3 is 2.67 bits per heavy atom. The van der Waals surface area contributed by atoms with Gasteiger partial charge in [-0.25, -0.2) is 4.99 Å². The molecule has 1 aliphatic carbocycles. The van der Waals surface area contributed by atoms with Crippen molar-refractivity contribution in [2.45, 2.75) is 45.1 Å². The van der Waals surface area contributed by atoms with Crippen molar-refractivity contribution in [2.24, 2.45) is 10.9 Å². The minimum absolute atomic E-state index is 0.0910. The van der Waals surface area contributed by atoms with Crippen LogP contribution in [0.15, 0.2) is 29.3 Å². The largest absolute Gasteiger partial charge is 0.349 e. The van der Waals surface area contributed by atoms with Gasteiger partial charge >= 0.3 is 0 Å². The highest BCUT2D eigenvalue weighted by Gasteiger charge is 2.22. The fourth-order valence-corrected chi connectivity index (χ4v) is 3.36. The van der Waals surface area contributed by atoms with Gasteiger partial charge in [0.1, 0.15) is 0 Å². The molecule has 1 aromatic rings. The molecule has 0 bridgehead atoms. The van der Waals surface area contributed by atoms with E-state index in [0.29, 0.717) is 16.4 Å². The predicted molar refractivity (Wildman–Crippen MR) is 99.3 cm³/mol. The number of hydrogen-bond acceptors (Lipinski definition) is 4. The zero-order valence-electron chi connectivity index (χ0n) is 14.2. The standard InChI is InChI=1S/C18H24N4OS/c1-3-13-8-10-14(11-9-13)21-17(23)15-6-4-5-7-16(15)22-18(24-2)20-12-19/h4-7,13-14H,3,8-11H2,1-2H3,(H,20,22)(H,21,23). The third kappa shape index (κ3) is 5.00. The number of nitrogens with zero attached hydrogens (tertiary/aromatic N) is 2. The van der Waals surface area contributed by atoms with Gasteiger partial charge in [-0.1, -0.05) is 37.2 Å². The van der Waals surface area contributed by atoms with E-state index in [4.69, 9.17) is 5.26 Å². The monoisotopic (exact) mass is 344 g/mol. The van der Waals surface area contributed by atoms with E-state index in [2.05, 4.69) is 22.5 Å². The first kappa shape index (κ1) is 18.3. The van der Waals surface area contributed by atoms with Crippen LogP contribution in [0, 0.1) is 17.4 Å². The molecule has 0 radical (unpaired) electrons. The fourth-order valence-electron chi connectivity index (χ4n) is 3.02. The predicted octanol–water partition coefficient (Wildman–Crippen LogP) is 3.81. The minimum atomic E-state index is -0.0910. The number of benzene rings is 1. The van der Waals surface area contributed by atoms with Crippen LogP contribution in [-0.2, 0) is 0 Å². The number of aliphatic imine (C=N–C) groups is 1. The van der Waals surface area contributed by atoms with Crippen molar-refractivity contribution in [3.63, 3.8) is 0 Å². The second kappa shape index (κ2) is 9.33. The number of hydrogen-bond donors (Lipinski definition) is 2. The molecule has 6 heteroatoms. The van der Waals surface area contributed by atoms with Crippen molar-refractivity contribution < 1.29 is 4.79 Å². The molecule has 128 valence electrons. The van der Waals surface area contributed by atoms with Crippen LogP contribution in [-0.4, -0.2) is 23.4 Å². The molecule has 1 aliphatic rings. The summed E-state index contributed by atoms with van der Waals surface area (Å²) in [7, 11) is 0. The number of para-hydroxylation sites is 1. The highest BCUT2D eigenvalue weighted by atomic mass is 32.2. The Kier molecular flexibility index (Phi) is 7.13. The average Bonchev–Trinajstić information content (AvgIpc) is 2.62. The topological polar surface area (TPSA) is 77.3 Å². The zero-order valence-corrected chi connectivity index (χ0v) is 15.0. The molecular formula is C18H24N4OS. The number of carbonyl (C=O) groups is 1. The number of thioether (sulfide) groups is 1. The molecule has 1 aromatic carbocycles. The Morgan fingerprint density at radius 1 is 1.33 bits per heavy atom. The molecule has 24 heavy (non-hydrogen) atoms. The maximum Gasteiger partial charge on any atom is 0.253 e. The minimum Gasteiger partial charge on any atom is -0.349 e. The van der Waals surface area contributed by atoms with E-state index in [1.165, 1.54) is 31.0 Å². The molecule has 0 spiro atoms. The summed E-state index contributed by atoms with van der Waals surface area (Å²) in [5.74, 6) is 0.711. The van der Waals surface area contributed by atoms with Gasteiger partial charge in [0, 0.05) is 6.04 Å². The van der Waals surface area contributed by atoms with E-state index >= 15 is 0 Å². The van der Waals surface area contributed by atoms with Gasteiger partial charge in [-0.15, -0.1) is 0 Å². The number of nitrogens with one attached hydrogen (secondary N) is 2. The summed E-state index contributed by atoms with van der Waals surface area (Å²) in [5.41, 5.74) is 1.12. The number of carbonyl (C=O) groups excluding carboxylic acids is 1. The Balaban J connectivity index is 2.09.